The molecule has 1 heterocycles. The molecule has 1 aliphatic heterocycles. The number of ether oxygens (including phenoxy) is 2. The first kappa shape index (κ1) is 15.5. The van der Waals surface area contributed by atoms with Crippen molar-refractivity contribution in [2.45, 2.75) is 32.1 Å². The molecular weight excluding hydrogens is 296 g/mol. The summed E-state index contributed by atoms with van der Waals surface area (Å²) in [6.45, 7) is 1.87. The molecule has 5 heteroatoms. The molecule has 120 valence electrons. The van der Waals surface area contributed by atoms with Crippen molar-refractivity contribution in [1.29, 1.82) is 0 Å². The second-order valence-electron chi connectivity index (χ2n) is 5.78. The molecule has 23 heavy (non-hydrogen) atoms. The van der Waals surface area contributed by atoms with Gasteiger partial charge in [-0.2, -0.15) is 0 Å². The highest BCUT2D eigenvalue weighted by Crippen LogP contribution is 2.51. The topological polar surface area (TPSA) is 69.7 Å². The third kappa shape index (κ3) is 2.46. The van der Waals surface area contributed by atoms with E-state index in [1.54, 1.807) is 13.0 Å². The van der Waals surface area contributed by atoms with Gasteiger partial charge in [-0.05, 0) is 31.4 Å². The molecule has 1 spiro atoms. The summed E-state index contributed by atoms with van der Waals surface area (Å²) in [5.74, 6) is -2.06. The highest BCUT2D eigenvalue weighted by Gasteiger charge is 2.58. The lowest BCUT2D eigenvalue weighted by molar-refractivity contribution is -0.164. The summed E-state index contributed by atoms with van der Waals surface area (Å²) in [5, 5.41) is 0. The Morgan fingerprint density at radius 3 is 2.65 bits per heavy atom. The molecule has 0 radical (unpaired) electrons. The summed E-state index contributed by atoms with van der Waals surface area (Å²) >= 11 is 0. The van der Waals surface area contributed by atoms with Crippen molar-refractivity contribution in [3.8, 4) is 0 Å². The summed E-state index contributed by atoms with van der Waals surface area (Å²) in [6, 6.07) is 9.27. The zero-order chi connectivity index (χ0) is 16.4. The second-order valence-corrected chi connectivity index (χ2v) is 5.78. The number of hydrogen-bond acceptors (Lipinski definition) is 5. The van der Waals surface area contributed by atoms with Gasteiger partial charge in [-0.25, -0.2) is 4.79 Å². The van der Waals surface area contributed by atoms with Crippen LogP contribution in [0.2, 0.25) is 0 Å². The van der Waals surface area contributed by atoms with Gasteiger partial charge >= 0.3 is 11.9 Å². The molecule has 1 aromatic rings. The minimum Gasteiger partial charge on any atom is -0.460 e. The molecule has 0 amide bonds. The number of carbonyl (C=O) groups is 3. The first-order chi connectivity index (χ1) is 11.1. The van der Waals surface area contributed by atoms with Crippen molar-refractivity contribution in [2.24, 2.45) is 5.41 Å². The molecule has 1 aliphatic carbocycles. The Bertz CT molecular complexity index is 676. The van der Waals surface area contributed by atoms with Gasteiger partial charge in [0.15, 0.2) is 5.78 Å². The van der Waals surface area contributed by atoms with E-state index in [4.69, 9.17) is 9.47 Å². The van der Waals surface area contributed by atoms with E-state index in [1.807, 2.05) is 30.3 Å². The van der Waals surface area contributed by atoms with Crippen LogP contribution >= 0.6 is 0 Å². The fourth-order valence-electron chi connectivity index (χ4n) is 3.43. The zero-order valence-electron chi connectivity index (χ0n) is 12.9. The summed E-state index contributed by atoms with van der Waals surface area (Å²) in [7, 11) is 0. The predicted molar refractivity (Wildman–Crippen MR) is 81.3 cm³/mol. The molecule has 0 bridgehead atoms. The van der Waals surface area contributed by atoms with Crippen molar-refractivity contribution in [3.05, 3.63) is 47.7 Å². The molecule has 1 saturated carbocycles. The fraction of sp³-hybridized carbons (Fsp3) is 0.389. The van der Waals surface area contributed by atoms with Gasteiger partial charge < -0.3 is 9.47 Å². The van der Waals surface area contributed by atoms with Crippen LogP contribution in [-0.2, 0) is 23.9 Å². The average molecular weight is 314 g/mol. The Morgan fingerprint density at radius 2 is 2.04 bits per heavy atom. The fourth-order valence-corrected chi connectivity index (χ4v) is 3.43. The summed E-state index contributed by atoms with van der Waals surface area (Å²) in [6.07, 6.45) is 3.02. The van der Waals surface area contributed by atoms with Crippen LogP contribution in [0.15, 0.2) is 42.2 Å². The van der Waals surface area contributed by atoms with E-state index < -0.39 is 23.3 Å². The standard InChI is InChI=1S/C18H18O5/c1-2-22-16(20)14-11-13(12-7-4-3-5-8-12)18(17(21)23-14)10-6-9-15(18)19/h3-5,7-8,11,13H,2,6,9-10H2,1H3/t13-,18+/m1/s1. The molecular formula is C18H18O5. The third-order valence-corrected chi connectivity index (χ3v) is 4.52. The highest BCUT2D eigenvalue weighted by atomic mass is 16.6. The van der Waals surface area contributed by atoms with Crippen LogP contribution in [0.25, 0.3) is 0 Å². The van der Waals surface area contributed by atoms with E-state index in [2.05, 4.69) is 0 Å². The molecule has 0 N–H and O–H groups in total. The maximum absolute atomic E-state index is 12.6. The third-order valence-electron chi connectivity index (χ3n) is 4.52. The quantitative estimate of drug-likeness (QED) is 0.633. The van der Waals surface area contributed by atoms with Gasteiger partial charge in [0.25, 0.3) is 0 Å². The number of Topliss-reactive ketones (excluding diaryl/α,β-unsaturated/α-hetero) is 1. The van der Waals surface area contributed by atoms with Crippen LogP contribution < -0.4 is 0 Å². The molecule has 2 aliphatic rings. The first-order valence-electron chi connectivity index (χ1n) is 7.79. The Balaban J connectivity index is 2.10. The van der Waals surface area contributed by atoms with Gasteiger partial charge in [0.05, 0.1) is 6.61 Å². The van der Waals surface area contributed by atoms with Gasteiger partial charge in [0, 0.05) is 12.3 Å². The molecule has 2 atom stereocenters. The van der Waals surface area contributed by atoms with Crippen LogP contribution in [0.5, 0.6) is 0 Å². The molecule has 1 aromatic carbocycles. The Kier molecular flexibility index (Phi) is 4.03. The molecule has 0 aromatic heterocycles. The summed E-state index contributed by atoms with van der Waals surface area (Å²) < 4.78 is 10.1. The van der Waals surface area contributed by atoms with Crippen molar-refractivity contribution < 1.29 is 23.9 Å². The monoisotopic (exact) mass is 314 g/mol. The SMILES string of the molecule is CCOC(=O)C1=C[C@H](c2ccccc2)[C@]2(CCCC2=O)C(=O)O1. The number of cyclic esters (lactones) is 1. The van der Waals surface area contributed by atoms with E-state index >= 15 is 0 Å². The number of ketones is 1. The summed E-state index contributed by atoms with van der Waals surface area (Å²) in [4.78, 5) is 37.1. The Morgan fingerprint density at radius 1 is 1.30 bits per heavy atom. The van der Waals surface area contributed by atoms with E-state index in [0.29, 0.717) is 19.3 Å². The van der Waals surface area contributed by atoms with Crippen LogP contribution in [0.3, 0.4) is 0 Å². The maximum Gasteiger partial charge on any atom is 0.374 e. The minimum atomic E-state index is -1.21. The number of hydrogen-bond donors (Lipinski definition) is 0. The molecule has 5 nitrogen and oxygen atoms in total. The minimum absolute atomic E-state index is 0.115. The van der Waals surface area contributed by atoms with Gasteiger partial charge in [0.1, 0.15) is 5.41 Å². The van der Waals surface area contributed by atoms with Gasteiger partial charge in [0.2, 0.25) is 5.76 Å². The largest absolute Gasteiger partial charge is 0.460 e. The number of esters is 2. The van der Waals surface area contributed by atoms with Gasteiger partial charge in [-0.1, -0.05) is 30.3 Å². The lowest BCUT2D eigenvalue weighted by Gasteiger charge is -2.36. The summed E-state index contributed by atoms with van der Waals surface area (Å²) in [5.41, 5.74) is -0.390. The molecule has 3 rings (SSSR count). The Hall–Kier alpha value is -2.43. The van der Waals surface area contributed by atoms with Crippen LogP contribution in [0.1, 0.15) is 37.7 Å². The van der Waals surface area contributed by atoms with E-state index in [0.717, 1.165) is 5.56 Å². The molecule has 0 unspecified atom stereocenters. The first-order valence-corrected chi connectivity index (χ1v) is 7.79. The van der Waals surface area contributed by atoms with Crippen molar-refractivity contribution >= 4 is 17.7 Å². The van der Waals surface area contributed by atoms with Crippen molar-refractivity contribution in [2.75, 3.05) is 6.61 Å². The van der Waals surface area contributed by atoms with Crippen LogP contribution in [-0.4, -0.2) is 24.3 Å². The lowest BCUT2D eigenvalue weighted by atomic mass is 9.68. The average Bonchev–Trinajstić information content (AvgIpc) is 2.93. The van der Waals surface area contributed by atoms with Crippen molar-refractivity contribution in [1.82, 2.24) is 0 Å². The maximum atomic E-state index is 12.6. The smallest absolute Gasteiger partial charge is 0.374 e. The normalized spacial score (nSPS) is 26.8. The lowest BCUT2D eigenvalue weighted by Crippen LogP contribution is -2.45. The number of rotatable bonds is 3. The van der Waals surface area contributed by atoms with Crippen molar-refractivity contribution in [3.63, 3.8) is 0 Å². The zero-order valence-corrected chi connectivity index (χ0v) is 12.9. The predicted octanol–water partition coefficient (Wildman–Crippen LogP) is 2.51. The van der Waals surface area contributed by atoms with E-state index in [-0.39, 0.29) is 18.1 Å². The Labute approximate surface area is 134 Å². The second kappa shape index (κ2) is 5.99. The van der Waals surface area contributed by atoms with Gasteiger partial charge in [-0.3, -0.25) is 9.59 Å². The van der Waals surface area contributed by atoms with E-state index in [1.165, 1.54) is 0 Å². The molecule has 1 fully saturated rings. The van der Waals surface area contributed by atoms with Crippen LogP contribution in [0.4, 0.5) is 0 Å². The molecule has 0 saturated heterocycles. The highest BCUT2D eigenvalue weighted by molar-refractivity contribution is 6.09. The van der Waals surface area contributed by atoms with E-state index in [9.17, 15) is 14.4 Å². The number of benzene rings is 1. The number of allylic oxidation sites excluding steroid dienone is 1. The number of carbonyl (C=O) groups excluding carboxylic acids is 3. The van der Waals surface area contributed by atoms with Crippen LogP contribution in [0, 0.1) is 5.41 Å². The van der Waals surface area contributed by atoms with Gasteiger partial charge in [-0.15, -0.1) is 0 Å².